The lowest BCUT2D eigenvalue weighted by molar-refractivity contribution is 0.265. The second kappa shape index (κ2) is 5.94. The van der Waals surface area contributed by atoms with Gasteiger partial charge in [0, 0.05) is 30.1 Å². The predicted octanol–water partition coefficient (Wildman–Crippen LogP) is 2.75. The normalized spacial score (nSPS) is 22.9. The fraction of sp³-hybridized carbons (Fsp3) is 0.538. The van der Waals surface area contributed by atoms with Crippen LogP contribution in [0.1, 0.15) is 18.0 Å². The summed E-state index contributed by atoms with van der Waals surface area (Å²) in [5.41, 5.74) is 1.24. The minimum Gasteiger partial charge on any atom is -0.312 e. The maximum atomic E-state index is 13.1. The standard InChI is InChI=1S/C13H18BrFN2/c1-16-13(9-17-6-5-12(15)8-17)10-3-2-4-11(14)7-10/h2-4,7,12-13,16H,5-6,8-9H2,1H3/t12-,13+/m0/s1. The van der Waals surface area contributed by atoms with Gasteiger partial charge in [-0.15, -0.1) is 0 Å². The molecule has 0 aliphatic carbocycles. The maximum absolute atomic E-state index is 13.1. The molecule has 1 saturated heterocycles. The van der Waals surface area contributed by atoms with Gasteiger partial charge in [0.2, 0.25) is 0 Å². The highest BCUT2D eigenvalue weighted by atomic mass is 79.9. The Labute approximate surface area is 110 Å². The zero-order valence-electron chi connectivity index (χ0n) is 10.00. The van der Waals surface area contributed by atoms with Crippen molar-refractivity contribution in [3.8, 4) is 0 Å². The SMILES string of the molecule is CN[C@H](CN1CC[C@H](F)C1)c1cccc(Br)c1. The number of hydrogen-bond donors (Lipinski definition) is 1. The van der Waals surface area contributed by atoms with E-state index in [0.717, 1.165) is 17.6 Å². The van der Waals surface area contributed by atoms with Gasteiger partial charge in [0.25, 0.3) is 0 Å². The van der Waals surface area contributed by atoms with E-state index >= 15 is 0 Å². The van der Waals surface area contributed by atoms with Crippen molar-refractivity contribution in [2.75, 3.05) is 26.7 Å². The molecule has 1 aliphatic heterocycles. The zero-order valence-corrected chi connectivity index (χ0v) is 11.6. The van der Waals surface area contributed by atoms with E-state index in [0.29, 0.717) is 13.0 Å². The van der Waals surface area contributed by atoms with E-state index in [1.54, 1.807) is 0 Å². The molecular formula is C13H18BrFN2. The smallest absolute Gasteiger partial charge is 0.114 e. The van der Waals surface area contributed by atoms with Crippen LogP contribution in [0.25, 0.3) is 0 Å². The van der Waals surface area contributed by atoms with E-state index in [1.165, 1.54) is 5.56 Å². The van der Waals surface area contributed by atoms with E-state index in [-0.39, 0.29) is 6.04 Å². The highest BCUT2D eigenvalue weighted by Crippen LogP contribution is 2.21. The molecule has 0 bridgehead atoms. The van der Waals surface area contributed by atoms with Gasteiger partial charge in [-0.2, -0.15) is 0 Å². The van der Waals surface area contributed by atoms with Gasteiger partial charge in [-0.1, -0.05) is 28.1 Å². The monoisotopic (exact) mass is 300 g/mol. The number of rotatable bonds is 4. The van der Waals surface area contributed by atoms with E-state index in [9.17, 15) is 4.39 Å². The Kier molecular flexibility index (Phi) is 4.54. The molecule has 1 aliphatic rings. The van der Waals surface area contributed by atoms with Gasteiger partial charge in [0.05, 0.1) is 0 Å². The second-order valence-electron chi connectivity index (χ2n) is 4.54. The molecule has 2 nitrogen and oxygen atoms in total. The van der Waals surface area contributed by atoms with E-state index < -0.39 is 6.17 Å². The summed E-state index contributed by atoms with van der Waals surface area (Å²) < 4.78 is 14.2. The summed E-state index contributed by atoms with van der Waals surface area (Å²) in [6.07, 6.45) is 0.0320. The summed E-state index contributed by atoms with van der Waals surface area (Å²) in [6.45, 7) is 2.31. The quantitative estimate of drug-likeness (QED) is 0.920. The summed E-state index contributed by atoms with van der Waals surface area (Å²) >= 11 is 3.48. The first kappa shape index (κ1) is 13.0. The summed E-state index contributed by atoms with van der Waals surface area (Å²) in [7, 11) is 1.95. The van der Waals surface area contributed by atoms with Crippen molar-refractivity contribution >= 4 is 15.9 Å². The van der Waals surface area contributed by atoms with Gasteiger partial charge in [-0.25, -0.2) is 4.39 Å². The topological polar surface area (TPSA) is 15.3 Å². The van der Waals surface area contributed by atoms with Crippen LogP contribution in [-0.2, 0) is 0 Å². The minimum absolute atomic E-state index is 0.262. The van der Waals surface area contributed by atoms with Gasteiger partial charge in [-0.3, -0.25) is 4.90 Å². The van der Waals surface area contributed by atoms with Crippen LogP contribution in [-0.4, -0.2) is 37.8 Å². The lowest BCUT2D eigenvalue weighted by atomic mass is 10.1. The molecule has 1 aromatic carbocycles. The number of benzene rings is 1. The highest BCUT2D eigenvalue weighted by Gasteiger charge is 2.24. The second-order valence-corrected chi connectivity index (χ2v) is 5.46. The summed E-state index contributed by atoms with van der Waals surface area (Å²) in [4.78, 5) is 2.19. The van der Waals surface area contributed by atoms with Crippen molar-refractivity contribution in [3.63, 3.8) is 0 Å². The number of likely N-dealkylation sites (N-methyl/N-ethyl adjacent to an activating group) is 1. The van der Waals surface area contributed by atoms with Gasteiger partial charge >= 0.3 is 0 Å². The lowest BCUT2D eigenvalue weighted by Gasteiger charge is -2.23. The Morgan fingerprint density at radius 1 is 1.59 bits per heavy atom. The Morgan fingerprint density at radius 3 is 3.00 bits per heavy atom. The number of halogens is 2. The molecule has 2 rings (SSSR count). The van der Waals surface area contributed by atoms with Gasteiger partial charge < -0.3 is 5.32 Å². The first-order valence-corrected chi connectivity index (χ1v) is 6.77. The van der Waals surface area contributed by atoms with Crippen LogP contribution in [0.2, 0.25) is 0 Å². The van der Waals surface area contributed by atoms with Crippen LogP contribution < -0.4 is 5.32 Å². The molecule has 1 aromatic rings. The Balaban J connectivity index is 2.01. The summed E-state index contributed by atoms with van der Waals surface area (Å²) in [5.74, 6) is 0. The van der Waals surface area contributed by atoms with E-state index in [2.05, 4.69) is 38.3 Å². The van der Waals surface area contributed by atoms with Gasteiger partial charge in [0.1, 0.15) is 6.17 Å². The molecule has 1 N–H and O–H groups in total. The molecule has 94 valence electrons. The van der Waals surface area contributed by atoms with Crippen molar-refractivity contribution in [3.05, 3.63) is 34.3 Å². The molecule has 1 fully saturated rings. The minimum atomic E-state index is -0.644. The van der Waals surface area contributed by atoms with Gasteiger partial charge in [-0.05, 0) is 31.2 Å². The fourth-order valence-corrected chi connectivity index (χ4v) is 2.71. The molecule has 0 saturated carbocycles. The predicted molar refractivity (Wildman–Crippen MR) is 71.9 cm³/mol. The average Bonchev–Trinajstić information content (AvgIpc) is 2.72. The maximum Gasteiger partial charge on any atom is 0.114 e. The van der Waals surface area contributed by atoms with Crippen molar-refractivity contribution in [2.45, 2.75) is 18.6 Å². The number of nitrogens with one attached hydrogen (secondary N) is 1. The van der Waals surface area contributed by atoms with Crippen LogP contribution in [0.15, 0.2) is 28.7 Å². The van der Waals surface area contributed by atoms with E-state index in [4.69, 9.17) is 0 Å². The molecular weight excluding hydrogens is 283 g/mol. The van der Waals surface area contributed by atoms with Gasteiger partial charge in [0.15, 0.2) is 0 Å². The number of hydrogen-bond acceptors (Lipinski definition) is 2. The Hall–Kier alpha value is -0.450. The largest absolute Gasteiger partial charge is 0.312 e. The molecule has 1 heterocycles. The fourth-order valence-electron chi connectivity index (χ4n) is 2.30. The molecule has 0 radical (unpaired) electrons. The molecule has 4 heteroatoms. The van der Waals surface area contributed by atoms with Crippen LogP contribution in [0, 0.1) is 0 Å². The molecule has 0 amide bonds. The van der Waals surface area contributed by atoms with Crippen LogP contribution in [0.3, 0.4) is 0 Å². The Bertz CT molecular complexity index is 372. The zero-order chi connectivity index (χ0) is 12.3. The average molecular weight is 301 g/mol. The number of likely N-dealkylation sites (tertiary alicyclic amines) is 1. The third-order valence-corrected chi connectivity index (χ3v) is 3.75. The Morgan fingerprint density at radius 2 is 2.41 bits per heavy atom. The highest BCUT2D eigenvalue weighted by molar-refractivity contribution is 9.10. The summed E-state index contributed by atoms with van der Waals surface area (Å²) in [6, 6.07) is 8.53. The molecule has 0 unspecified atom stereocenters. The van der Waals surface area contributed by atoms with Crippen LogP contribution in [0.4, 0.5) is 4.39 Å². The number of alkyl halides is 1. The van der Waals surface area contributed by atoms with Crippen molar-refractivity contribution in [1.82, 2.24) is 10.2 Å². The third-order valence-electron chi connectivity index (χ3n) is 3.26. The first-order chi connectivity index (χ1) is 8.19. The van der Waals surface area contributed by atoms with Crippen molar-refractivity contribution in [1.29, 1.82) is 0 Å². The number of nitrogens with zero attached hydrogens (tertiary/aromatic N) is 1. The van der Waals surface area contributed by atoms with Crippen molar-refractivity contribution < 1.29 is 4.39 Å². The summed E-state index contributed by atoms with van der Waals surface area (Å²) in [5, 5.41) is 3.30. The molecule has 2 atom stereocenters. The van der Waals surface area contributed by atoms with E-state index in [1.807, 2.05) is 19.2 Å². The van der Waals surface area contributed by atoms with Crippen LogP contribution >= 0.6 is 15.9 Å². The molecule has 17 heavy (non-hydrogen) atoms. The van der Waals surface area contributed by atoms with Crippen molar-refractivity contribution in [2.24, 2.45) is 0 Å². The lowest BCUT2D eigenvalue weighted by Crippen LogP contribution is -2.32. The molecule has 0 spiro atoms. The van der Waals surface area contributed by atoms with Crippen LogP contribution in [0.5, 0.6) is 0 Å². The molecule has 0 aromatic heterocycles. The third kappa shape index (κ3) is 3.50. The first-order valence-electron chi connectivity index (χ1n) is 5.98.